The van der Waals surface area contributed by atoms with Gasteiger partial charge in [-0.05, 0) is 43.0 Å². The number of carbonyl (C=O) groups excluding carboxylic acids is 2. The fraction of sp³-hybridized carbons (Fsp3) is 0.423. The average Bonchev–Trinajstić information content (AvgIpc) is 3.03. The number of hydrogen-bond acceptors (Lipinski definition) is 5. The van der Waals surface area contributed by atoms with Crippen molar-refractivity contribution in [1.29, 1.82) is 0 Å². The molecular formula is C26H31ClN4O3. The number of benzene rings is 1. The molecule has 0 atom stereocenters. The SMILES string of the molecule is COCCCN1C(=O)N(Cc2ccccn2)C(=O)C12CCN(CC(Cl)=Cc1ccccc1)CC2. The molecular weight excluding hydrogens is 452 g/mol. The van der Waals surface area contributed by atoms with Crippen molar-refractivity contribution >= 4 is 29.6 Å². The van der Waals surface area contributed by atoms with Crippen LogP contribution in [0.5, 0.6) is 0 Å². The quantitative estimate of drug-likeness (QED) is 0.399. The predicted molar refractivity (Wildman–Crippen MR) is 132 cm³/mol. The zero-order valence-electron chi connectivity index (χ0n) is 19.5. The zero-order chi connectivity index (χ0) is 24.0. The van der Waals surface area contributed by atoms with E-state index in [4.69, 9.17) is 16.3 Å². The van der Waals surface area contributed by atoms with Crippen LogP contribution in [0.1, 0.15) is 30.5 Å². The Bertz CT molecular complexity index is 1010. The highest BCUT2D eigenvalue weighted by Crippen LogP contribution is 2.38. The number of likely N-dealkylation sites (tertiary alicyclic amines) is 1. The van der Waals surface area contributed by atoms with Gasteiger partial charge in [-0.3, -0.25) is 19.6 Å². The average molecular weight is 483 g/mol. The largest absolute Gasteiger partial charge is 0.385 e. The number of aromatic nitrogens is 1. The molecule has 2 saturated heterocycles. The third-order valence-electron chi connectivity index (χ3n) is 6.58. The number of piperidine rings is 1. The van der Waals surface area contributed by atoms with E-state index in [2.05, 4.69) is 9.88 Å². The minimum absolute atomic E-state index is 0.119. The monoisotopic (exact) mass is 482 g/mol. The van der Waals surface area contributed by atoms with Gasteiger partial charge in [0.25, 0.3) is 5.91 Å². The summed E-state index contributed by atoms with van der Waals surface area (Å²) < 4.78 is 5.20. The van der Waals surface area contributed by atoms with Crippen LogP contribution < -0.4 is 0 Å². The topological polar surface area (TPSA) is 66.0 Å². The molecule has 2 aromatic rings. The molecule has 0 bridgehead atoms. The van der Waals surface area contributed by atoms with E-state index in [0.29, 0.717) is 57.7 Å². The number of carbonyl (C=O) groups is 2. The van der Waals surface area contributed by atoms with Crippen molar-refractivity contribution in [2.24, 2.45) is 0 Å². The first kappa shape index (κ1) is 24.4. The number of nitrogens with zero attached hydrogens (tertiary/aromatic N) is 4. The fourth-order valence-corrected chi connectivity index (χ4v) is 5.10. The number of amides is 3. The van der Waals surface area contributed by atoms with Gasteiger partial charge in [0.2, 0.25) is 0 Å². The Kier molecular flexibility index (Phi) is 7.98. The maximum absolute atomic E-state index is 13.7. The molecule has 3 amide bonds. The second kappa shape index (κ2) is 11.1. The van der Waals surface area contributed by atoms with Crippen LogP contribution >= 0.6 is 11.6 Å². The Balaban J connectivity index is 1.47. The van der Waals surface area contributed by atoms with Crippen LogP contribution in [0.25, 0.3) is 6.08 Å². The maximum Gasteiger partial charge on any atom is 0.328 e. The van der Waals surface area contributed by atoms with Crippen LogP contribution in [-0.4, -0.2) is 77.1 Å². The molecule has 0 unspecified atom stereocenters. The van der Waals surface area contributed by atoms with Crippen LogP contribution in [-0.2, 0) is 16.1 Å². The van der Waals surface area contributed by atoms with Gasteiger partial charge in [-0.2, -0.15) is 0 Å². The number of ether oxygens (including phenoxy) is 1. The second-order valence-corrected chi connectivity index (χ2v) is 9.29. The van der Waals surface area contributed by atoms with E-state index in [9.17, 15) is 9.59 Å². The summed E-state index contributed by atoms with van der Waals surface area (Å²) in [5.41, 5.74) is 0.950. The highest BCUT2D eigenvalue weighted by atomic mass is 35.5. The lowest BCUT2D eigenvalue weighted by atomic mass is 9.85. The van der Waals surface area contributed by atoms with Gasteiger partial charge in [0, 0.05) is 51.1 Å². The zero-order valence-corrected chi connectivity index (χ0v) is 20.3. The number of hydrogen-bond donors (Lipinski definition) is 0. The summed E-state index contributed by atoms with van der Waals surface area (Å²) in [6.45, 7) is 3.23. The Labute approximate surface area is 206 Å². The van der Waals surface area contributed by atoms with Crippen LogP contribution in [0.3, 0.4) is 0 Å². The molecule has 2 aliphatic heterocycles. The van der Waals surface area contributed by atoms with E-state index in [-0.39, 0.29) is 18.5 Å². The molecule has 1 aromatic carbocycles. The van der Waals surface area contributed by atoms with Gasteiger partial charge in [0.05, 0.1) is 12.2 Å². The number of urea groups is 1. The van der Waals surface area contributed by atoms with Crippen molar-refractivity contribution in [3.05, 3.63) is 71.0 Å². The highest BCUT2D eigenvalue weighted by molar-refractivity contribution is 6.31. The molecule has 4 rings (SSSR count). The Hall–Kier alpha value is -2.74. The van der Waals surface area contributed by atoms with Gasteiger partial charge in [0.15, 0.2) is 0 Å². The van der Waals surface area contributed by atoms with E-state index >= 15 is 0 Å². The van der Waals surface area contributed by atoms with E-state index in [1.54, 1.807) is 18.2 Å². The Morgan fingerprint density at radius 1 is 1.12 bits per heavy atom. The second-order valence-electron chi connectivity index (χ2n) is 8.80. The van der Waals surface area contributed by atoms with Crippen molar-refractivity contribution in [3.8, 4) is 0 Å². The summed E-state index contributed by atoms with van der Waals surface area (Å²) >= 11 is 6.54. The summed E-state index contributed by atoms with van der Waals surface area (Å²) in [5, 5.41) is 0.754. The Morgan fingerprint density at radius 2 is 1.85 bits per heavy atom. The molecule has 8 heteroatoms. The molecule has 1 spiro atoms. The lowest BCUT2D eigenvalue weighted by Crippen LogP contribution is -2.56. The molecule has 1 aromatic heterocycles. The first-order valence-corrected chi connectivity index (χ1v) is 12.1. The molecule has 7 nitrogen and oxygen atoms in total. The number of methoxy groups -OCH3 is 1. The van der Waals surface area contributed by atoms with Gasteiger partial charge >= 0.3 is 6.03 Å². The lowest BCUT2D eigenvalue weighted by Gasteiger charge is -2.42. The Morgan fingerprint density at radius 3 is 2.53 bits per heavy atom. The summed E-state index contributed by atoms with van der Waals surface area (Å²) in [6.07, 6.45) is 5.50. The van der Waals surface area contributed by atoms with E-state index in [0.717, 1.165) is 10.6 Å². The van der Waals surface area contributed by atoms with Gasteiger partial charge in [0.1, 0.15) is 5.54 Å². The summed E-state index contributed by atoms with van der Waals surface area (Å²) in [4.78, 5) is 36.7. The van der Waals surface area contributed by atoms with Crippen molar-refractivity contribution in [2.75, 3.05) is 39.9 Å². The van der Waals surface area contributed by atoms with Crippen LogP contribution in [0.15, 0.2) is 59.8 Å². The third kappa shape index (κ3) is 5.32. The van der Waals surface area contributed by atoms with Crippen molar-refractivity contribution in [1.82, 2.24) is 19.7 Å². The highest BCUT2D eigenvalue weighted by Gasteiger charge is 2.57. The summed E-state index contributed by atoms with van der Waals surface area (Å²) in [7, 11) is 1.64. The summed E-state index contributed by atoms with van der Waals surface area (Å²) in [6, 6.07) is 15.3. The lowest BCUT2D eigenvalue weighted by molar-refractivity contribution is -0.136. The van der Waals surface area contributed by atoms with E-state index < -0.39 is 5.54 Å². The normalized spacial score (nSPS) is 18.8. The van der Waals surface area contributed by atoms with E-state index in [1.165, 1.54) is 4.90 Å². The van der Waals surface area contributed by atoms with Crippen LogP contribution in [0, 0.1) is 0 Å². The third-order valence-corrected chi connectivity index (χ3v) is 6.81. The van der Waals surface area contributed by atoms with Gasteiger partial charge in [-0.15, -0.1) is 0 Å². The molecule has 180 valence electrons. The number of pyridine rings is 1. The fourth-order valence-electron chi connectivity index (χ4n) is 4.81. The molecule has 2 aliphatic rings. The van der Waals surface area contributed by atoms with Crippen molar-refractivity contribution < 1.29 is 14.3 Å². The first-order chi connectivity index (χ1) is 16.5. The minimum Gasteiger partial charge on any atom is -0.385 e. The minimum atomic E-state index is -0.814. The van der Waals surface area contributed by atoms with Crippen molar-refractivity contribution in [2.45, 2.75) is 31.3 Å². The van der Waals surface area contributed by atoms with E-state index in [1.807, 2.05) is 54.6 Å². The van der Waals surface area contributed by atoms with Gasteiger partial charge < -0.3 is 9.64 Å². The van der Waals surface area contributed by atoms with Gasteiger partial charge in [-0.25, -0.2) is 4.79 Å². The maximum atomic E-state index is 13.7. The standard InChI is InChI=1S/C26H31ClN4O3/c1-34-17-7-14-31-25(33)30(20-23-10-5-6-13-28-23)24(32)26(31)11-15-29(16-12-26)19-22(27)18-21-8-3-2-4-9-21/h2-6,8-10,13,18H,7,11-12,14-17,19-20H2,1H3. The number of imide groups is 1. The first-order valence-electron chi connectivity index (χ1n) is 11.7. The van der Waals surface area contributed by atoms with Crippen LogP contribution in [0.2, 0.25) is 0 Å². The molecule has 0 saturated carbocycles. The predicted octanol–water partition coefficient (Wildman–Crippen LogP) is 4.00. The smallest absolute Gasteiger partial charge is 0.328 e. The number of halogens is 1. The molecule has 34 heavy (non-hydrogen) atoms. The van der Waals surface area contributed by atoms with Crippen molar-refractivity contribution in [3.63, 3.8) is 0 Å². The van der Waals surface area contributed by atoms with Gasteiger partial charge in [-0.1, -0.05) is 48.0 Å². The molecule has 0 aliphatic carbocycles. The summed E-state index contributed by atoms with van der Waals surface area (Å²) in [5.74, 6) is -0.119. The molecule has 2 fully saturated rings. The number of rotatable bonds is 9. The molecule has 3 heterocycles. The molecule has 0 N–H and O–H groups in total. The van der Waals surface area contributed by atoms with Crippen LogP contribution in [0.4, 0.5) is 4.79 Å². The molecule has 0 radical (unpaired) electrons.